The molecule has 0 fully saturated rings. The van der Waals surface area contributed by atoms with Crippen molar-refractivity contribution in [3.63, 3.8) is 0 Å². The summed E-state index contributed by atoms with van der Waals surface area (Å²) >= 11 is 6.07. The Labute approximate surface area is 112 Å². The van der Waals surface area contributed by atoms with Crippen molar-refractivity contribution in [3.05, 3.63) is 22.7 Å². The lowest BCUT2D eigenvalue weighted by atomic mass is 10.1. The average molecular weight is 272 g/mol. The van der Waals surface area contributed by atoms with E-state index in [-0.39, 0.29) is 11.6 Å². The summed E-state index contributed by atoms with van der Waals surface area (Å²) < 4.78 is 5.06. The quantitative estimate of drug-likeness (QED) is 0.829. The van der Waals surface area contributed by atoms with Gasteiger partial charge >= 0.3 is 5.97 Å². The fraction of sp³-hybridized carbons (Fsp3) is 0.462. The van der Waals surface area contributed by atoms with Crippen LogP contribution in [-0.4, -0.2) is 24.2 Å². The standard InChI is InChI=1S/C13H18ClNO3/c1-4-5-8(2)15-11-7-12(18-3)9(13(16)17)6-10(11)14/h6-8,15H,4-5H2,1-3H3,(H,16,17). The van der Waals surface area contributed by atoms with Crippen LogP contribution in [0.3, 0.4) is 0 Å². The zero-order valence-electron chi connectivity index (χ0n) is 10.8. The SMILES string of the molecule is CCCC(C)Nc1cc(OC)c(C(=O)O)cc1Cl. The molecule has 1 atom stereocenters. The van der Waals surface area contributed by atoms with Gasteiger partial charge in [-0.1, -0.05) is 24.9 Å². The number of aromatic carboxylic acids is 1. The molecule has 2 N–H and O–H groups in total. The van der Waals surface area contributed by atoms with Crippen molar-refractivity contribution < 1.29 is 14.6 Å². The van der Waals surface area contributed by atoms with Crippen molar-refractivity contribution in [1.29, 1.82) is 0 Å². The molecule has 0 bridgehead atoms. The predicted octanol–water partition coefficient (Wildman–Crippen LogP) is 3.65. The van der Waals surface area contributed by atoms with Crippen LogP contribution in [0.25, 0.3) is 0 Å². The normalized spacial score (nSPS) is 12.0. The smallest absolute Gasteiger partial charge is 0.339 e. The van der Waals surface area contributed by atoms with Crippen LogP contribution < -0.4 is 10.1 Å². The first-order valence-electron chi connectivity index (χ1n) is 5.87. The summed E-state index contributed by atoms with van der Waals surface area (Å²) in [7, 11) is 1.44. The molecule has 0 aromatic heterocycles. The van der Waals surface area contributed by atoms with E-state index in [9.17, 15) is 4.79 Å². The summed E-state index contributed by atoms with van der Waals surface area (Å²) in [5, 5.41) is 12.7. The minimum absolute atomic E-state index is 0.0659. The number of ether oxygens (including phenoxy) is 1. The lowest BCUT2D eigenvalue weighted by Gasteiger charge is -2.17. The number of carboxylic acids is 1. The van der Waals surface area contributed by atoms with E-state index in [0.29, 0.717) is 16.5 Å². The molecule has 0 aliphatic carbocycles. The van der Waals surface area contributed by atoms with Gasteiger partial charge in [-0.2, -0.15) is 0 Å². The van der Waals surface area contributed by atoms with Crippen molar-refractivity contribution in [2.75, 3.05) is 12.4 Å². The van der Waals surface area contributed by atoms with E-state index < -0.39 is 5.97 Å². The highest BCUT2D eigenvalue weighted by atomic mass is 35.5. The third kappa shape index (κ3) is 3.53. The first-order valence-corrected chi connectivity index (χ1v) is 6.24. The number of nitrogens with one attached hydrogen (secondary N) is 1. The Morgan fingerprint density at radius 1 is 1.56 bits per heavy atom. The van der Waals surface area contributed by atoms with Gasteiger partial charge in [0.1, 0.15) is 11.3 Å². The van der Waals surface area contributed by atoms with Gasteiger partial charge in [-0.25, -0.2) is 4.79 Å². The molecule has 0 spiro atoms. The molecule has 0 amide bonds. The number of carbonyl (C=O) groups is 1. The van der Waals surface area contributed by atoms with Gasteiger partial charge < -0.3 is 15.2 Å². The number of hydrogen-bond acceptors (Lipinski definition) is 3. The number of benzene rings is 1. The van der Waals surface area contributed by atoms with Crippen molar-refractivity contribution >= 4 is 23.3 Å². The highest BCUT2D eigenvalue weighted by Gasteiger charge is 2.15. The van der Waals surface area contributed by atoms with Gasteiger partial charge in [0.2, 0.25) is 0 Å². The van der Waals surface area contributed by atoms with Crippen LogP contribution in [0.2, 0.25) is 5.02 Å². The molecule has 18 heavy (non-hydrogen) atoms. The van der Waals surface area contributed by atoms with Crippen LogP contribution in [0, 0.1) is 0 Å². The number of rotatable bonds is 6. The van der Waals surface area contributed by atoms with E-state index in [4.69, 9.17) is 21.4 Å². The second-order valence-corrected chi connectivity index (χ2v) is 4.58. The van der Waals surface area contributed by atoms with Crippen LogP contribution in [0.1, 0.15) is 37.0 Å². The molecule has 0 saturated carbocycles. The Morgan fingerprint density at radius 3 is 2.72 bits per heavy atom. The first-order chi connectivity index (χ1) is 8.49. The fourth-order valence-electron chi connectivity index (χ4n) is 1.77. The topological polar surface area (TPSA) is 58.6 Å². The van der Waals surface area contributed by atoms with Crippen molar-refractivity contribution in [2.45, 2.75) is 32.7 Å². The Morgan fingerprint density at radius 2 is 2.22 bits per heavy atom. The maximum absolute atomic E-state index is 11.0. The highest BCUT2D eigenvalue weighted by molar-refractivity contribution is 6.33. The fourth-order valence-corrected chi connectivity index (χ4v) is 1.99. The molecule has 0 radical (unpaired) electrons. The van der Waals surface area contributed by atoms with E-state index in [1.807, 2.05) is 0 Å². The molecule has 4 nitrogen and oxygen atoms in total. The summed E-state index contributed by atoms with van der Waals surface area (Å²) in [5.74, 6) is -0.750. The molecule has 1 aromatic carbocycles. The minimum atomic E-state index is -1.05. The van der Waals surface area contributed by atoms with Crippen LogP contribution >= 0.6 is 11.6 Å². The summed E-state index contributed by atoms with van der Waals surface area (Å²) in [4.78, 5) is 11.0. The van der Waals surface area contributed by atoms with Crippen molar-refractivity contribution in [2.24, 2.45) is 0 Å². The van der Waals surface area contributed by atoms with Gasteiger partial charge in [0, 0.05) is 12.1 Å². The maximum atomic E-state index is 11.0. The number of carboxylic acid groups (broad SMARTS) is 1. The summed E-state index contributed by atoms with van der Waals surface area (Å²) in [6.07, 6.45) is 2.08. The summed E-state index contributed by atoms with van der Waals surface area (Å²) in [6.45, 7) is 4.16. The minimum Gasteiger partial charge on any atom is -0.496 e. The summed E-state index contributed by atoms with van der Waals surface area (Å²) in [6, 6.07) is 3.30. The van der Waals surface area contributed by atoms with E-state index in [2.05, 4.69) is 19.2 Å². The van der Waals surface area contributed by atoms with E-state index in [1.165, 1.54) is 13.2 Å². The van der Waals surface area contributed by atoms with Crippen LogP contribution in [0.4, 0.5) is 5.69 Å². The molecule has 1 unspecified atom stereocenters. The van der Waals surface area contributed by atoms with Gasteiger partial charge in [0.05, 0.1) is 17.8 Å². The molecule has 5 heteroatoms. The second-order valence-electron chi connectivity index (χ2n) is 4.17. The van der Waals surface area contributed by atoms with Crippen molar-refractivity contribution in [1.82, 2.24) is 0 Å². The van der Waals surface area contributed by atoms with E-state index in [0.717, 1.165) is 12.8 Å². The van der Waals surface area contributed by atoms with Gasteiger partial charge in [-0.3, -0.25) is 0 Å². The van der Waals surface area contributed by atoms with Crippen LogP contribution in [0.15, 0.2) is 12.1 Å². The molecule has 0 aliphatic heterocycles. The lowest BCUT2D eigenvalue weighted by molar-refractivity contribution is 0.0693. The molecule has 0 heterocycles. The van der Waals surface area contributed by atoms with E-state index >= 15 is 0 Å². The highest BCUT2D eigenvalue weighted by Crippen LogP contribution is 2.31. The Kier molecular flexibility index (Phi) is 5.28. The molecule has 1 rings (SSSR count). The number of halogens is 1. The lowest BCUT2D eigenvalue weighted by Crippen LogP contribution is -2.15. The predicted molar refractivity (Wildman–Crippen MR) is 73.0 cm³/mol. The third-order valence-corrected chi connectivity index (χ3v) is 2.96. The number of anilines is 1. The maximum Gasteiger partial charge on any atom is 0.339 e. The summed E-state index contributed by atoms with van der Waals surface area (Å²) in [5.41, 5.74) is 0.760. The molecule has 1 aromatic rings. The van der Waals surface area contributed by atoms with E-state index in [1.54, 1.807) is 6.07 Å². The Bertz CT molecular complexity index is 434. The largest absolute Gasteiger partial charge is 0.496 e. The number of methoxy groups -OCH3 is 1. The Balaban J connectivity index is 3.03. The number of hydrogen-bond donors (Lipinski definition) is 2. The molecule has 0 saturated heterocycles. The molecule has 0 aliphatic rings. The Hall–Kier alpha value is -1.42. The molecular formula is C13H18ClNO3. The van der Waals surface area contributed by atoms with Gasteiger partial charge in [0.15, 0.2) is 0 Å². The second kappa shape index (κ2) is 6.50. The monoisotopic (exact) mass is 271 g/mol. The molecular weight excluding hydrogens is 254 g/mol. The zero-order valence-corrected chi connectivity index (χ0v) is 11.5. The van der Waals surface area contributed by atoms with Gasteiger partial charge in [0.25, 0.3) is 0 Å². The van der Waals surface area contributed by atoms with Gasteiger partial charge in [-0.15, -0.1) is 0 Å². The first kappa shape index (κ1) is 14.6. The van der Waals surface area contributed by atoms with Gasteiger partial charge in [-0.05, 0) is 19.4 Å². The zero-order chi connectivity index (χ0) is 13.7. The van der Waals surface area contributed by atoms with Crippen LogP contribution in [0.5, 0.6) is 5.75 Å². The van der Waals surface area contributed by atoms with Crippen molar-refractivity contribution in [3.8, 4) is 5.75 Å². The average Bonchev–Trinajstić information content (AvgIpc) is 2.31. The molecule has 100 valence electrons. The van der Waals surface area contributed by atoms with Crippen LogP contribution in [-0.2, 0) is 0 Å². The third-order valence-electron chi connectivity index (χ3n) is 2.64.